The van der Waals surface area contributed by atoms with Crippen LogP contribution in [0.1, 0.15) is 13.3 Å². The Kier molecular flexibility index (Phi) is 1.78. The second-order valence-electron chi connectivity index (χ2n) is 2.48. The van der Waals surface area contributed by atoms with Crippen molar-refractivity contribution < 1.29 is 17.6 Å². The van der Waals surface area contributed by atoms with Crippen molar-refractivity contribution in [3.63, 3.8) is 0 Å². The van der Waals surface area contributed by atoms with E-state index in [1.165, 1.54) is 0 Å². The zero-order chi connectivity index (χ0) is 8.65. The van der Waals surface area contributed by atoms with Crippen LogP contribution in [-0.4, -0.2) is 5.67 Å². The molecule has 62 valence electrons. The molecule has 0 fully saturated rings. The number of alkyl halides is 1. The van der Waals surface area contributed by atoms with E-state index >= 15 is 0 Å². The van der Waals surface area contributed by atoms with Crippen LogP contribution in [0.2, 0.25) is 0 Å². The fraction of sp³-hybridized carbons (Fsp3) is 0.429. The first-order valence-electron chi connectivity index (χ1n) is 3.06. The number of hydrogen-bond acceptors (Lipinski definition) is 0. The molecule has 11 heavy (non-hydrogen) atoms. The fourth-order valence-electron chi connectivity index (χ4n) is 0.820. The van der Waals surface area contributed by atoms with Gasteiger partial charge in [-0.3, -0.25) is 0 Å². The third kappa shape index (κ3) is 1.17. The Morgan fingerprint density at radius 1 is 1.36 bits per heavy atom. The second-order valence-corrected chi connectivity index (χ2v) is 2.48. The normalized spacial score (nSPS) is 32.3. The molecule has 0 aromatic rings. The van der Waals surface area contributed by atoms with Crippen LogP contribution in [-0.2, 0) is 0 Å². The van der Waals surface area contributed by atoms with Crippen LogP contribution >= 0.6 is 0 Å². The first-order valence-corrected chi connectivity index (χ1v) is 3.06. The maximum atomic E-state index is 12.8. The summed E-state index contributed by atoms with van der Waals surface area (Å²) < 4.78 is 50.0. The summed E-state index contributed by atoms with van der Waals surface area (Å²) in [6.07, 6.45) is 0.190. The molecule has 0 bridgehead atoms. The summed E-state index contributed by atoms with van der Waals surface area (Å²) in [7, 11) is 0. The zero-order valence-electron chi connectivity index (χ0n) is 5.80. The van der Waals surface area contributed by atoms with Gasteiger partial charge in [-0.2, -0.15) is 0 Å². The quantitative estimate of drug-likeness (QED) is 0.485. The molecule has 0 aromatic heterocycles. The molecule has 1 unspecified atom stereocenters. The highest BCUT2D eigenvalue weighted by Gasteiger charge is 2.40. The van der Waals surface area contributed by atoms with Gasteiger partial charge >= 0.3 is 0 Å². The Morgan fingerprint density at radius 3 is 2.36 bits per heavy atom. The average molecular weight is 166 g/mol. The zero-order valence-corrected chi connectivity index (χ0v) is 5.80. The molecule has 0 spiro atoms. The lowest BCUT2D eigenvalue weighted by atomic mass is 9.99. The number of rotatable bonds is 0. The highest BCUT2D eigenvalue weighted by Crippen LogP contribution is 2.39. The smallest absolute Gasteiger partial charge is 0.212 e. The molecule has 0 saturated carbocycles. The third-order valence-corrected chi connectivity index (χ3v) is 1.56. The van der Waals surface area contributed by atoms with Crippen molar-refractivity contribution in [2.75, 3.05) is 0 Å². The first-order chi connectivity index (χ1) is 4.96. The SMILES string of the molecule is CC1(F)C(F)=CCC(F)=C1F. The van der Waals surface area contributed by atoms with Gasteiger partial charge in [0.1, 0.15) is 11.7 Å². The molecule has 0 radical (unpaired) electrons. The van der Waals surface area contributed by atoms with Gasteiger partial charge in [0, 0.05) is 6.42 Å². The highest BCUT2D eigenvalue weighted by atomic mass is 19.2. The minimum atomic E-state index is -2.90. The lowest BCUT2D eigenvalue weighted by Crippen LogP contribution is -2.23. The summed E-state index contributed by atoms with van der Waals surface area (Å²) in [5.74, 6) is -4.16. The Morgan fingerprint density at radius 2 is 1.91 bits per heavy atom. The Balaban J connectivity index is 3.07. The molecule has 0 N–H and O–H groups in total. The largest absolute Gasteiger partial charge is 0.228 e. The monoisotopic (exact) mass is 166 g/mol. The molecule has 0 nitrogen and oxygen atoms in total. The van der Waals surface area contributed by atoms with E-state index in [0.717, 1.165) is 0 Å². The van der Waals surface area contributed by atoms with Gasteiger partial charge in [0.25, 0.3) is 0 Å². The molecule has 0 heterocycles. The average Bonchev–Trinajstić information content (AvgIpc) is 1.95. The molecule has 0 amide bonds. The van der Waals surface area contributed by atoms with Gasteiger partial charge in [-0.05, 0) is 13.0 Å². The van der Waals surface area contributed by atoms with Crippen LogP contribution in [0.3, 0.4) is 0 Å². The van der Waals surface area contributed by atoms with Crippen LogP contribution in [0.15, 0.2) is 23.6 Å². The summed E-state index contributed by atoms with van der Waals surface area (Å²) >= 11 is 0. The lowest BCUT2D eigenvalue weighted by molar-refractivity contribution is 0.190. The van der Waals surface area contributed by atoms with Crippen molar-refractivity contribution in [3.8, 4) is 0 Å². The maximum Gasteiger partial charge on any atom is 0.212 e. The Labute approximate surface area is 61.2 Å². The van der Waals surface area contributed by atoms with Crippen molar-refractivity contribution in [2.24, 2.45) is 0 Å². The molecule has 1 atom stereocenters. The van der Waals surface area contributed by atoms with Crippen LogP contribution < -0.4 is 0 Å². The van der Waals surface area contributed by atoms with Crippen LogP contribution in [0.25, 0.3) is 0 Å². The van der Waals surface area contributed by atoms with Crippen LogP contribution in [0.4, 0.5) is 17.6 Å². The minimum Gasteiger partial charge on any atom is -0.228 e. The number of halogens is 4. The molecular formula is C7H6F4. The van der Waals surface area contributed by atoms with Crippen molar-refractivity contribution >= 4 is 0 Å². The van der Waals surface area contributed by atoms with Crippen LogP contribution in [0, 0.1) is 0 Å². The third-order valence-electron chi connectivity index (χ3n) is 1.56. The summed E-state index contributed by atoms with van der Waals surface area (Å²) in [5, 5.41) is 0. The minimum absolute atomic E-state index is 0.503. The summed E-state index contributed by atoms with van der Waals surface area (Å²) in [4.78, 5) is 0. The van der Waals surface area contributed by atoms with Gasteiger partial charge in [0.15, 0.2) is 5.83 Å². The second kappa shape index (κ2) is 2.36. The van der Waals surface area contributed by atoms with Gasteiger partial charge in [-0.25, -0.2) is 17.6 Å². The van der Waals surface area contributed by atoms with E-state index in [0.29, 0.717) is 13.0 Å². The van der Waals surface area contributed by atoms with E-state index in [4.69, 9.17) is 0 Å². The van der Waals surface area contributed by atoms with E-state index in [9.17, 15) is 17.6 Å². The summed E-state index contributed by atoms with van der Waals surface area (Å²) in [6, 6.07) is 0. The summed E-state index contributed by atoms with van der Waals surface area (Å²) in [5.41, 5.74) is -2.90. The van der Waals surface area contributed by atoms with Crippen molar-refractivity contribution in [1.82, 2.24) is 0 Å². The van der Waals surface area contributed by atoms with Crippen molar-refractivity contribution in [3.05, 3.63) is 23.6 Å². The molecular weight excluding hydrogens is 160 g/mol. The molecule has 1 aliphatic carbocycles. The molecule has 0 aliphatic heterocycles. The predicted molar refractivity (Wildman–Crippen MR) is 32.6 cm³/mol. The van der Waals surface area contributed by atoms with Crippen molar-refractivity contribution in [2.45, 2.75) is 19.0 Å². The molecule has 1 aliphatic rings. The van der Waals surface area contributed by atoms with Crippen molar-refractivity contribution in [1.29, 1.82) is 0 Å². The Bertz CT molecular complexity index is 237. The van der Waals surface area contributed by atoms with E-state index in [-0.39, 0.29) is 0 Å². The highest BCUT2D eigenvalue weighted by molar-refractivity contribution is 5.30. The lowest BCUT2D eigenvalue weighted by Gasteiger charge is -2.19. The molecule has 0 aromatic carbocycles. The van der Waals surface area contributed by atoms with E-state index in [1.807, 2.05) is 0 Å². The van der Waals surface area contributed by atoms with Gasteiger partial charge < -0.3 is 0 Å². The molecule has 1 rings (SSSR count). The van der Waals surface area contributed by atoms with E-state index in [2.05, 4.69) is 0 Å². The molecule has 0 saturated heterocycles. The number of allylic oxidation sites excluding steroid dienone is 4. The van der Waals surface area contributed by atoms with E-state index in [1.54, 1.807) is 0 Å². The van der Waals surface area contributed by atoms with Crippen LogP contribution in [0.5, 0.6) is 0 Å². The van der Waals surface area contributed by atoms with Gasteiger partial charge in [0.2, 0.25) is 5.67 Å². The Hall–Kier alpha value is -0.800. The molecule has 4 heteroatoms. The topological polar surface area (TPSA) is 0 Å². The van der Waals surface area contributed by atoms with Gasteiger partial charge in [-0.15, -0.1) is 0 Å². The predicted octanol–water partition coefficient (Wildman–Crippen LogP) is 3.12. The van der Waals surface area contributed by atoms with Gasteiger partial charge in [0.05, 0.1) is 0 Å². The fourth-order valence-corrected chi connectivity index (χ4v) is 0.820. The van der Waals surface area contributed by atoms with E-state index < -0.39 is 29.6 Å². The number of hydrogen-bond donors (Lipinski definition) is 0. The van der Waals surface area contributed by atoms with Gasteiger partial charge in [-0.1, -0.05) is 0 Å². The first kappa shape index (κ1) is 8.30. The maximum absolute atomic E-state index is 12.8. The summed E-state index contributed by atoms with van der Waals surface area (Å²) in [6.45, 7) is 0.646. The standard InChI is InChI=1S/C7H6F4/c1-7(11)5(9)3-2-4(8)6(7)10/h3H,2H2,1H3.